The van der Waals surface area contributed by atoms with Crippen LogP contribution in [0.5, 0.6) is 5.75 Å². The van der Waals surface area contributed by atoms with Crippen LogP contribution in [-0.4, -0.2) is 34.2 Å². The molecule has 9 heteroatoms. The fourth-order valence-electron chi connectivity index (χ4n) is 4.07. The molecule has 0 unspecified atom stereocenters. The SMILES string of the molecule is COc1ccc(-c2cc(C(F)(F)F)n3nc(C(=O)N4CCCc5ccccc54)cc3n2)cc1. The lowest BCUT2D eigenvalue weighted by molar-refractivity contribution is -0.142. The number of aryl methyl sites for hydroxylation is 1. The van der Waals surface area contributed by atoms with Gasteiger partial charge in [0.05, 0.1) is 12.8 Å². The van der Waals surface area contributed by atoms with E-state index in [9.17, 15) is 18.0 Å². The molecule has 3 heterocycles. The van der Waals surface area contributed by atoms with Crippen LogP contribution in [0.1, 0.15) is 28.2 Å². The van der Waals surface area contributed by atoms with Gasteiger partial charge in [0.2, 0.25) is 0 Å². The molecule has 0 N–H and O–H groups in total. The molecular weight excluding hydrogens is 433 g/mol. The van der Waals surface area contributed by atoms with Crippen molar-refractivity contribution in [3.05, 3.63) is 77.6 Å². The van der Waals surface area contributed by atoms with Crippen LogP contribution in [-0.2, 0) is 12.6 Å². The van der Waals surface area contributed by atoms with Crippen molar-refractivity contribution in [1.29, 1.82) is 0 Å². The summed E-state index contributed by atoms with van der Waals surface area (Å²) in [5.74, 6) is 0.127. The number of methoxy groups -OCH3 is 1. The molecule has 0 saturated carbocycles. The van der Waals surface area contributed by atoms with Gasteiger partial charge in [0.1, 0.15) is 5.75 Å². The molecule has 168 valence electrons. The lowest BCUT2D eigenvalue weighted by atomic mass is 10.0. The third kappa shape index (κ3) is 3.79. The first kappa shape index (κ1) is 21.0. The number of halogens is 3. The summed E-state index contributed by atoms with van der Waals surface area (Å²) in [5, 5.41) is 4.01. The number of hydrogen-bond donors (Lipinski definition) is 0. The van der Waals surface area contributed by atoms with Crippen LogP contribution in [0.15, 0.2) is 60.7 Å². The van der Waals surface area contributed by atoms with Gasteiger partial charge in [-0.2, -0.15) is 18.3 Å². The first-order chi connectivity index (χ1) is 15.8. The first-order valence-corrected chi connectivity index (χ1v) is 10.4. The highest BCUT2D eigenvalue weighted by Crippen LogP contribution is 2.33. The van der Waals surface area contributed by atoms with E-state index in [4.69, 9.17) is 4.74 Å². The Balaban J connectivity index is 1.60. The largest absolute Gasteiger partial charge is 0.497 e. The molecule has 2 aromatic carbocycles. The second-order valence-electron chi connectivity index (χ2n) is 7.74. The van der Waals surface area contributed by atoms with Gasteiger partial charge in [0.15, 0.2) is 17.0 Å². The molecule has 33 heavy (non-hydrogen) atoms. The molecule has 0 bridgehead atoms. The normalized spacial score (nSPS) is 13.8. The van der Waals surface area contributed by atoms with Gasteiger partial charge >= 0.3 is 6.18 Å². The second-order valence-corrected chi connectivity index (χ2v) is 7.74. The predicted octanol–water partition coefficient (Wildman–Crippen LogP) is 5.02. The van der Waals surface area contributed by atoms with Crippen LogP contribution in [0.3, 0.4) is 0 Å². The quantitative estimate of drug-likeness (QED) is 0.438. The number of hydrogen-bond acceptors (Lipinski definition) is 4. The fourth-order valence-corrected chi connectivity index (χ4v) is 4.07. The molecule has 0 saturated heterocycles. The summed E-state index contributed by atoms with van der Waals surface area (Å²) in [6.45, 7) is 0.473. The van der Waals surface area contributed by atoms with Gasteiger partial charge in [0, 0.05) is 23.9 Å². The number of aromatic nitrogens is 3. The van der Waals surface area contributed by atoms with Gasteiger partial charge in [-0.3, -0.25) is 4.79 Å². The van der Waals surface area contributed by atoms with E-state index in [-0.39, 0.29) is 17.0 Å². The lowest BCUT2D eigenvalue weighted by Gasteiger charge is -2.28. The Labute approximate surface area is 187 Å². The van der Waals surface area contributed by atoms with Crippen LogP contribution in [0.2, 0.25) is 0 Å². The van der Waals surface area contributed by atoms with E-state index in [1.165, 1.54) is 13.2 Å². The Bertz CT molecular complexity index is 1350. The minimum Gasteiger partial charge on any atom is -0.497 e. The first-order valence-electron chi connectivity index (χ1n) is 10.4. The van der Waals surface area contributed by atoms with E-state index in [1.54, 1.807) is 29.2 Å². The number of benzene rings is 2. The summed E-state index contributed by atoms with van der Waals surface area (Å²) < 4.78 is 47.5. The lowest BCUT2D eigenvalue weighted by Crippen LogP contribution is -2.35. The van der Waals surface area contributed by atoms with Crippen molar-refractivity contribution in [2.75, 3.05) is 18.6 Å². The Morgan fingerprint density at radius 3 is 2.55 bits per heavy atom. The molecule has 6 nitrogen and oxygen atoms in total. The van der Waals surface area contributed by atoms with Crippen molar-refractivity contribution in [3.63, 3.8) is 0 Å². The molecule has 5 rings (SSSR count). The molecule has 0 fully saturated rings. The maximum Gasteiger partial charge on any atom is 0.433 e. The molecule has 1 amide bonds. The zero-order valence-electron chi connectivity index (χ0n) is 17.6. The number of carbonyl (C=O) groups excluding carboxylic acids is 1. The summed E-state index contributed by atoms with van der Waals surface area (Å²) in [6, 6.07) is 16.3. The zero-order valence-corrected chi connectivity index (χ0v) is 17.6. The van der Waals surface area contributed by atoms with E-state index in [0.29, 0.717) is 22.4 Å². The number of anilines is 1. The minimum absolute atomic E-state index is 0.0516. The minimum atomic E-state index is -4.69. The number of para-hydroxylation sites is 1. The van der Waals surface area contributed by atoms with Crippen LogP contribution >= 0.6 is 0 Å². The summed E-state index contributed by atoms with van der Waals surface area (Å²) >= 11 is 0. The molecule has 0 radical (unpaired) electrons. The Morgan fingerprint density at radius 1 is 1.06 bits per heavy atom. The monoisotopic (exact) mass is 452 g/mol. The van der Waals surface area contributed by atoms with Crippen LogP contribution in [0.25, 0.3) is 16.9 Å². The van der Waals surface area contributed by atoms with Gasteiger partial charge in [0.25, 0.3) is 5.91 Å². The number of carbonyl (C=O) groups is 1. The van der Waals surface area contributed by atoms with Crippen LogP contribution < -0.4 is 9.64 Å². The third-order valence-corrected chi connectivity index (χ3v) is 5.68. The van der Waals surface area contributed by atoms with E-state index in [2.05, 4.69) is 10.1 Å². The van der Waals surface area contributed by atoms with Gasteiger partial charge in [-0.05, 0) is 54.8 Å². The maximum absolute atomic E-state index is 13.9. The summed E-state index contributed by atoms with van der Waals surface area (Å²) in [7, 11) is 1.51. The Kier molecular flexibility index (Phi) is 5.03. The topological polar surface area (TPSA) is 59.7 Å². The highest BCUT2D eigenvalue weighted by atomic mass is 19.4. The fraction of sp³-hybridized carbons (Fsp3) is 0.208. The highest BCUT2D eigenvalue weighted by molar-refractivity contribution is 6.06. The van der Waals surface area contributed by atoms with E-state index in [0.717, 1.165) is 30.2 Å². The van der Waals surface area contributed by atoms with Crippen LogP contribution in [0, 0.1) is 0 Å². The summed E-state index contributed by atoms with van der Waals surface area (Å²) in [6.07, 6.45) is -3.08. The molecule has 0 aliphatic carbocycles. The maximum atomic E-state index is 13.9. The Hall–Kier alpha value is -3.88. The molecular formula is C24H19F3N4O2. The number of nitrogens with zero attached hydrogens (tertiary/aromatic N) is 4. The predicted molar refractivity (Wildman–Crippen MR) is 116 cm³/mol. The third-order valence-electron chi connectivity index (χ3n) is 5.68. The van der Waals surface area contributed by atoms with Crippen molar-refractivity contribution in [2.45, 2.75) is 19.0 Å². The van der Waals surface area contributed by atoms with Crippen molar-refractivity contribution in [2.24, 2.45) is 0 Å². The zero-order chi connectivity index (χ0) is 23.2. The van der Waals surface area contributed by atoms with Gasteiger partial charge in [-0.15, -0.1) is 0 Å². The van der Waals surface area contributed by atoms with Crippen LogP contribution in [0.4, 0.5) is 18.9 Å². The average molecular weight is 452 g/mol. The Morgan fingerprint density at radius 2 is 1.82 bits per heavy atom. The average Bonchev–Trinajstić information content (AvgIpc) is 3.26. The molecule has 0 spiro atoms. The van der Waals surface area contributed by atoms with Crippen molar-refractivity contribution in [1.82, 2.24) is 14.6 Å². The van der Waals surface area contributed by atoms with Gasteiger partial charge in [-0.1, -0.05) is 18.2 Å². The molecule has 1 aliphatic heterocycles. The molecule has 4 aromatic rings. The molecule has 2 aromatic heterocycles. The van der Waals surface area contributed by atoms with Crippen molar-refractivity contribution in [3.8, 4) is 17.0 Å². The van der Waals surface area contributed by atoms with Crippen molar-refractivity contribution < 1.29 is 22.7 Å². The van der Waals surface area contributed by atoms with E-state index < -0.39 is 17.8 Å². The number of amides is 1. The summed E-state index contributed by atoms with van der Waals surface area (Å²) in [5.41, 5.74) is 1.25. The summed E-state index contributed by atoms with van der Waals surface area (Å²) in [4.78, 5) is 19.2. The smallest absolute Gasteiger partial charge is 0.433 e. The standard InChI is InChI=1S/C24H19F3N4O2/c1-33-17-10-8-15(9-11-17)18-13-21(24(25,26)27)31-22(28-18)14-19(29-31)23(32)30-12-4-6-16-5-2-3-7-20(16)30/h2-3,5,7-11,13-14H,4,6,12H2,1H3. The van der Waals surface area contributed by atoms with Gasteiger partial charge in [-0.25, -0.2) is 9.50 Å². The molecule has 0 atom stereocenters. The van der Waals surface area contributed by atoms with E-state index >= 15 is 0 Å². The highest BCUT2D eigenvalue weighted by Gasteiger charge is 2.36. The number of ether oxygens (including phenoxy) is 1. The number of fused-ring (bicyclic) bond motifs is 2. The number of rotatable bonds is 3. The van der Waals surface area contributed by atoms with Crippen molar-refractivity contribution >= 4 is 17.2 Å². The second kappa shape index (κ2) is 7.91. The van der Waals surface area contributed by atoms with Gasteiger partial charge < -0.3 is 9.64 Å². The number of alkyl halides is 3. The molecule has 1 aliphatic rings. The van der Waals surface area contributed by atoms with E-state index in [1.807, 2.05) is 24.3 Å².